The molecule has 94 valence electrons. The van der Waals surface area contributed by atoms with E-state index in [2.05, 4.69) is 30.5 Å². The fourth-order valence-corrected chi connectivity index (χ4v) is 2.04. The molecule has 0 saturated carbocycles. The van der Waals surface area contributed by atoms with Crippen LogP contribution in [0.25, 0.3) is 0 Å². The summed E-state index contributed by atoms with van der Waals surface area (Å²) in [6.45, 7) is 9.46. The van der Waals surface area contributed by atoms with Crippen LogP contribution in [-0.2, 0) is 0 Å². The number of rotatable bonds is 3. The van der Waals surface area contributed by atoms with Gasteiger partial charge in [-0.1, -0.05) is 13.0 Å². The first-order valence-corrected chi connectivity index (χ1v) is 6.36. The zero-order valence-corrected chi connectivity index (χ0v) is 11.1. The number of hydrogen-bond donors (Lipinski definition) is 2. The van der Waals surface area contributed by atoms with Crippen LogP contribution in [0.15, 0.2) is 18.2 Å². The zero-order valence-electron chi connectivity index (χ0n) is 11.1. The standard InChI is InChI=1S/C14H22N2O/c1-5-14(4)9-15-13-11(16-14)7-6-8-12(13)17-10(2)3/h6-8,10,15-16H,5,9H2,1-4H3. The number of anilines is 2. The van der Waals surface area contributed by atoms with Gasteiger partial charge in [-0.2, -0.15) is 0 Å². The quantitative estimate of drug-likeness (QED) is 0.840. The molecule has 1 heterocycles. The zero-order chi connectivity index (χ0) is 12.5. The number of ether oxygens (including phenoxy) is 1. The molecule has 2 rings (SSSR count). The summed E-state index contributed by atoms with van der Waals surface area (Å²) in [5.74, 6) is 0.933. The molecule has 17 heavy (non-hydrogen) atoms. The van der Waals surface area contributed by atoms with Crippen molar-refractivity contribution < 1.29 is 4.74 Å². The smallest absolute Gasteiger partial charge is 0.144 e. The molecule has 1 aromatic rings. The van der Waals surface area contributed by atoms with E-state index in [-0.39, 0.29) is 11.6 Å². The lowest BCUT2D eigenvalue weighted by molar-refractivity contribution is 0.243. The second kappa shape index (κ2) is 4.47. The average Bonchev–Trinajstić information content (AvgIpc) is 2.28. The Bertz CT molecular complexity index is 403. The van der Waals surface area contributed by atoms with Gasteiger partial charge in [-0.05, 0) is 39.3 Å². The third-order valence-corrected chi connectivity index (χ3v) is 3.26. The minimum absolute atomic E-state index is 0.128. The van der Waals surface area contributed by atoms with Crippen molar-refractivity contribution in [3.63, 3.8) is 0 Å². The van der Waals surface area contributed by atoms with Crippen LogP contribution in [0.3, 0.4) is 0 Å². The van der Waals surface area contributed by atoms with Gasteiger partial charge in [0.05, 0.1) is 17.3 Å². The minimum atomic E-state index is 0.128. The number of para-hydroxylation sites is 1. The predicted octanol–water partition coefficient (Wildman–Crippen LogP) is 3.48. The Kier molecular flexibility index (Phi) is 3.18. The molecule has 1 aliphatic rings. The lowest BCUT2D eigenvalue weighted by atomic mass is 9.95. The molecule has 1 aromatic carbocycles. The van der Waals surface area contributed by atoms with Gasteiger partial charge in [0.15, 0.2) is 0 Å². The van der Waals surface area contributed by atoms with E-state index in [4.69, 9.17) is 4.74 Å². The van der Waals surface area contributed by atoms with Crippen LogP contribution in [0.4, 0.5) is 11.4 Å². The van der Waals surface area contributed by atoms with Crippen LogP contribution >= 0.6 is 0 Å². The van der Waals surface area contributed by atoms with Crippen molar-refractivity contribution in [1.82, 2.24) is 0 Å². The number of fused-ring (bicyclic) bond motifs is 1. The van der Waals surface area contributed by atoms with E-state index in [9.17, 15) is 0 Å². The molecule has 0 spiro atoms. The fourth-order valence-electron chi connectivity index (χ4n) is 2.04. The lowest BCUT2D eigenvalue weighted by Crippen LogP contribution is -2.44. The summed E-state index contributed by atoms with van der Waals surface area (Å²) in [5.41, 5.74) is 2.36. The highest BCUT2D eigenvalue weighted by Crippen LogP contribution is 2.38. The molecule has 1 atom stereocenters. The second-order valence-corrected chi connectivity index (χ2v) is 5.24. The van der Waals surface area contributed by atoms with E-state index in [1.807, 2.05) is 26.0 Å². The van der Waals surface area contributed by atoms with Gasteiger partial charge < -0.3 is 15.4 Å². The molecule has 3 nitrogen and oxygen atoms in total. The van der Waals surface area contributed by atoms with Gasteiger partial charge in [-0.15, -0.1) is 0 Å². The van der Waals surface area contributed by atoms with Crippen molar-refractivity contribution in [3.8, 4) is 5.75 Å². The van der Waals surface area contributed by atoms with Crippen molar-refractivity contribution in [2.45, 2.75) is 45.8 Å². The summed E-state index contributed by atoms with van der Waals surface area (Å²) < 4.78 is 5.81. The Morgan fingerprint density at radius 3 is 2.82 bits per heavy atom. The highest BCUT2D eigenvalue weighted by Gasteiger charge is 2.28. The van der Waals surface area contributed by atoms with E-state index in [1.54, 1.807) is 0 Å². The molecule has 0 bridgehead atoms. The van der Waals surface area contributed by atoms with E-state index in [0.29, 0.717) is 0 Å². The first kappa shape index (κ1) is 12.1. The molecule has 0 aromatic heterocycles. The van der Waals surface area contributed by atoms with Gasteiger partial charge in [0.2, 0.25) is 0 Å². The maximum atomic E-state index is 5.81. The summed E-state index contributed by atoms with van der Waals surface area (Å²) in [6.07, 6.45) is 1.29. The number of hydrogen-bond acceptors (Lipinski definition) is 3. The molecule has 1 aliphatic heterocycles. The van der Waals surface area contributed by atoms with Crippen molar-refractivity contribution in [2.24, 2.45) is 0 Å². The highest BCUT2D eigenvalue weighted by molar-refractivity contribution is 5.78. The van der Waals surface area contributed by atoms with Gasteiger partial charge in [-0.3, -0.25) is 0 Å². The van der Waals surface area contributed by atoms with Gasteiger partial charge in [0.1, 0.15) is 11.4 Å². The maximum Gasteiger partial charge on any atom is 0.144 e. The molecule has 2 N–H and O–H groups in total. The van der Waals surface area contributed by atoms with Crippen LogP contribution in [0.1, 0.15) is 34.1 Å². The first-order valence-electron chi connectivity index (χ1n) is 6.36. The maximum absolute atomic E-state index is 5.81. The Labute approximate surface area is 104 Å². The normalized spacial score (nSPS) is 22.6. The van der Waals surface area contributed by atoms with Crippen LogP contribution < -0.4 is 15.4 Å². The number of nitrogens with one attached hydrogen (secondary N) is 2. The van der Waals surface area contributed by atoms with Crippen molar-refractivity contribution >= 4 is 11.4 Å². The van der Waals surface area contributed by atoms with Crippen molar-refractivity contribution in [2.75, 3.05) is 17.2 Å². The van der Waals surface area contributed by atoms with E-state index in [1.165, 1.54) is 0 Å². The Balaban J connectivity index is 2.29. The molecule has 0 aliphatic carbocycles. The van der Waals surface area contributed by atoms with Gasteiger partial charge >= 0.3 is 0 Å². The second-order valence-electron chi connectivity index (χ2n) is 5.24. The summed E-state index contributed by atoms with van der Waals surface area (Å²) >= 11 is 0. The van der Waals surface area contributed by atoms with Crippen LogP contribution in [0, 0.1) is 0 Å². The Morgan fingerprint density at radius 2 is 2.18 bits per heavy atom. The Morgan fingerprint density at radius 1 is 1.41 bits per heavy atom. The van der Waals surface area contributed by atoms with Crippen LogP contribution in [0.2, 0.25) is 0 Å². The minimum Gasteiger partial charge on any atom is -0.489 e. The monoisotopic (exact) mass is 234 g/mol. The lowest BCUT2D eigenvalue weighted by Gasteiger charge is -2.37. The number of benzene rings is 1. The molecule has 0 amide bonds. The third-order valence-electron chi connectivity index (χ3n) is 3.26. The topological polar surface area (TPSA) is 33.3 Å². The molecule has 0 radical (unpaired) electrons. The van der Waals surface area contributed by atoms with E-state index in [0.717, 1.165) is 30.1 Å². The van der Waals surface area contributed by atoms with E-state index >= 15 is 0 Å². The summed E-state index contributed by atoms with van der Waals surface area (Å²) in [5, 5.41) is 7.08. The van der Waals surface area contributed by atoms with Crippen LogP contribution in [0.5, 0.6) is 5.75 Å². The Hall–Kier alpha value is -1.38. The van der Waals surface area contributed by atoms with Crippen molar-refractivity contribution in [3.05, 3.63) is 18.2 Å². The third kappa shape index (κ3) is 2.48. The average molecular weight is 234 g/mol. The SMILES string of the molecule is CCC1(C)CNc2c(cccc2OC(C)C)N1. The molecule has 0 fully saturated rings. The predicted molar refractivity (Wildman–Crippen MR) is 73.0 cm³/mol. The van der Waals surface area contributed by atoms with Gasteiger partial charge in [-0.25, -0.2) is 0 Å². The molecule has 3 heteroatoms. The van der Waals surface area contributed by atoms with Crippen molar-refractivity contribution in [1.29, 1.82) is 0 Å². The molecular weight excluding hydrogens is 212 g/mol. The highest BCUT2D eigenvalue weighted by atomic mass is 16.5. The summed E-state index contributed by atoms with van der Waals surface area (Å²) in [6, 6.07) is 6.15. The summed E-state index contributed by atoms with van der Waals surface area (Å²) in [7, 11) is 0. The largest absolute Gasteiger partial charge is 0.489 e. The van der Waals surface area contributed by atoms with Gasteiger partial charge in [0, 0.05) is 6.54 Å². The fraction of sp³-hybridized carbons (Fsp3) is 0.571. The molecular formula is C14H22N2O. The van der Waals surface area contributed by atoms with Gasteiger partial charge in [0.25, 0.3) is 0 Å². The molecule has 0 saturated heterocycles. The summed E-state index contributed by atoms with van der Waals surface area (Å²) in [4.78, 5) is 0. The first-order chi connectivity index (χ1) is 8.04. The van der Waals surface area contributed by atoms with E-state index < -0.39 is 0 Å². The molecule has 1 unspecified atom stereocenters. The van der Waals surface area contributed by atoms with Crippen LogP contribution in [-0.4, -0.2) is 18.2 Å².